The van der Waals surface area contributed by atoms with Crippen molar-refractivity contribution in [1.29, 1.82) is 0 Å². The third-order valence-corrected chi connectivity index (χ3v) is 8.67. The molecule has 1 aromatic carbocycles. The van der Waals surface area contributed by atoms with Crippen molar-refractivity contribution in [2.45, 2.75) is 43.6 Å². The van der Waals surface area contributed by atoms with Crippen molar-refractivity contribution < 1.29 is 33.7 Å². The van der Waals surface area contributed by atoms with E-state index in [0.717, 1.165) is 13.1 Å². The lowest BCUT2D eigenvalue weighted by Gasteiger charge is -2.40. The molecular formula is C29H39N3O7. The number of nitrogens with zero attached hydrogens (tertiary/aromatic N) is 3. The average Bonchev–Trinajstić information content (AvgIpc) is 3.60. The number of morpholine rings is 1. The van der Waals surface area contributed by atoms with Crippen LogP contribution in [0.2, 0.25) is 0 Å². The highest BCUT2D eigenvalue weighted by Gasteiger charge is 2.75. The van der Waals surface area contributed by atoms with Crippen LogP contribution >= 0.6 is 0 Å². The Balaban J connectivity index is 1.52. The molecule has 10 nitrogen and oxygen atoms in total. The molecule has 4 aliphatic heterocycles. The lowest BCUT2D eigenvalue weighted by Crippen LogP contribution is -2.58. The van der Waals surface area contributed by atoms with Crippen molar-refractivity contribution in [1.82, 2.24) is 14.7 Å². The summed E-state index contributed by atoms with van der Waals surface area (Å²) in [6, 6.07) is 7.46. The highest BCUT2D eigenvalue weighted by atomic mass is 16.6. The molecule has 4 heterocycles. The molecule has 2 bridgehead atoms. The van der Waals surface area contributed by atoms with Gasteiger partial charge in [-0.1, -0.05) is 36.4 Å². The summed E-state index contributed by atoms with van der Waals surface area (Å²) in [5.41, 5.74) is -0.440. The van der Waals surface area contributed by atoms with Gasteiger partial charge in [0, 0.05) is 32.7 Å². The molecular weight excluding hydrogens is 502 g/mol. The number of carbonyl (C=O) groups is 3. The second-order valence-corrected chi connectivity index (χ2v) is 10.7. The van der Waals surface area contributed by atoms with Crippen LogP contribution in [0.3, 0.4) is 0 Å². The minimum Gasteiger partial charge on any atom is -0.466 e. The number of benzene rings is 1. The number of hydrogen-bond acceptors (Lipinski definition) is 8. The molecule has 1 N–H and O–H groups in total. The van der Waals surface area contributed by atoms with Gasteiger partial charge in [-0.15, -0.1) is 6.58 Å². The minimum atomic E-state index is -1.16. The van der Waals surface area contributed by atoms with E-state index in [4.69, 9.17) is 14.2 Å². The van der Waals surface area contributed by atoms with Gasteiger partial charge >= 0.3 is 5.97 Å². The molecule has 212 valence electrons. The molecule has 4 saturated heterocycles. The summed E-state index contributed by atoms with van der Waals surface area (Å²) in [5, 5.41) is 10.6. The van der Waals surface area contributed by atoms with Crippen molar-refractivity contribution in [2.24, 2.45) is 11.8 Å². The van der Waals surface area contributed by atoms with Gasteiger partial charge in [-0.2, -0.15) is 0 Å². The van der Waals surface area contributed by atoms with Crippen LogP contribution < -0.4 is 0 Å². The smallest absolute Gasteiger partial charge is 0.312 e. The van der Waals surface area contributed by atoms with Crippen LogP contribution in [0.15, 0.2) is 43.0 Å². The van der Waals surface area contributed by atoms with Gasteiger partial charge in [-0.05, 0) is 25.3 Å². The molecule has 5 rings (SSSR count). The number of aliphatic hydroxyl groups is 1. The SMILES string of the molecule is C=CCN(CCN1CCOCC1)C(=O)C1N([C@H](CO)c2ccccc2)C(=O)[C@@H]2[C@@H](C(=O)OCC)[C@H]3CCC12O3. The summed E-state index contributed by atoms with van der Waals surface area (Å²) in [4.78, 5) is 47.3. The number of aliphatic hydroxyl groups excluding tert-OH is 1. The lowest BCUT2D eigenvalue weighted by atomic mass is 9.70. The van der Waals surface area contributed by atoms with E-state index < -0.39 is 41.6 Å². The lowest BCUT2D eigenvalue weighted by molar-refractivity contribution is -0.156. The Hall–Kier alpha value is -2.79. The first-order valence-corrected chi connectivity index (χ1v) is 14.0. The zero-order chi connectivity index (χ0) is 27.6. The average molecular weight is 542 g/mol. The van der Waals surface area contributed by atoms with Crippen LogP contribution in [0, 0.1) is 11.8 Å². The number of likely N-dealkylation sites (tertiary alicyclic amines) is 1. The van der Waals surface area contributed by atoms with Gasteiger partial charge in [0.25, 0.3) is 0 Å². The van der Waals surface area contributed by atoms with E-state index in [0.29, 0.717) is 51.3 Å². The van der Waals surface area contributed by atoms with Crippen LogP contribution in [-0.2, 0) is 28.6 Å². The van der Waals surface area contributed by atoms with Gasteiger partial charge in [0.15, 0.2) is 0 Å². The van der Waals surface area contributed by atoms with Gasteiger partial charge in [0.2, 0.25) is 11.8 Å². The first kappa shape index (κ1) is 27.8. The molecule has 0 saturated carbocycles. The Morgan fingerprint density at radius 2 is 2.03 bits per heavy atom. The topological polar surface area (TPSA) is 109 Å². The van der Waals surface area contributed by atoms with Gasteiger partial charge in [0.05, 0.1) is 50.4 Å². The molecule has 6 atom stereocenters. The van der Waals surface area contributed by atoms with Crippen LogP contribution in [0.25, 0.3) is 0 Å². The Kier molecular flexibility index (Phi) is 8.37. The fourth-order valence-corrected chi connectivity index (χ4v) is 6.95. The molecule has 0 radical (unpaired) electrons. The first-order chi connectivity index (χ1) is 19.0. The van der Waals surface area contributed by atoms with E-state index in [2.05, 4.69) is 11.5 Å². The molecule has 0 aromatic heterocycles. The summed E-state index contributed by atoms with van der Waals surface area (Å²) in [5.74, 6) is -2.68. The minimum absolute atomic E-state index is 0.194. The Labute approximate surface area is 229 Å². The maximum Gasteiger partial charge on any atom is 0.312 e. The molecule has 2 amide bonds. The quantitative estimate of drug-likeness (QED) is 0.327. The molecule has 10 heteroatoms. The van der Waals surface area contributed by atoms with Gasteiger partial charge in [0.1, 0.15) is 11.6 Å². The van der Waals surface area contributed by atoms with Crippen LogP contribution in [0.5, 0.6) is 0 Å². The largest absolute Gasteiger partial charge is 0.466 e. The third kappa shape index (κ3) is 4.88. The van der Waals surface area contributed by atoms with Crippen molar-refractivity contribution in [3.05, 3.63) is 48.6 Å². The van der Waals surface area contributed by atoms with E-state index in [1.807, 2.05) is 30.3 Å². The van der Waals surface area contributed by atoms with Crippen LogP contribution in [-0.4, -0.2) is 114 Å². The van der Waals surface area contributed by atoms with E-state index in [-0.39, 0.29) is 25.0 Å². The van der Waals surface area contributed by atoms with Gasteiger partial charge < -0.3 is 29.1 Å². The van der Waals surface area contributed by atoms with Crippen molar-refractivity contribution in [3.8, 4) is 0 Å². The molecule has 2 unspecified atom stereocenters. The normalized spacial score (nSPS) is 30.7. The maximum atomic E-state index is 14.5. The maximum absolute atomic E-state index is 14.5. The third-order valence-electron chi connectivity index (χ3n) is 8.67. The predicted octanol–water partition coefficient (Wildman–Crippen LogP) is 1.00. The summed E-state index contributed by atoms with van der Waals surface area (Å²) >= 11 is 0. The number of carbonyl (C=O) groups excluding carboxylic acids is 3. The van der Waals surface area contributed by atoms with Crippen molar-refractivity contribution in [2.75, 3.05) is 59.2 Å². The van der Waals surface area contributed by atoms with Gasteiger partial charge in [-0.3, -0.25) is 19.3 Å². The number of fused-ring (bicyclic) bond motifs is 1. The highest BCUT2D eigenvalue weighted by Crippen LogP contribution is 2.60. The summed E-state index contributed by atoms with van der Waals surface area (Å²) in [7, 11) is 0. The molecule has 4 fully saturated rings. The zero-order valence-electron chi connectivity index (χ0n) is 22.6. The number of esters is 1. The number of ether oxygens (including phenoxy) is 3. The summed E-state index contributed by atoms with van der Waals surface area (Å²) in [6.07, 6.45) is 2.26. The Bertz CT molecular complexity index is 1060. The van der Waals surface area contributed by atoms with Gasteiger partial charge in [-0.25, -0.2) is 0 Å². The van der Waals surface area contributed by atoms with E-state index in [1.165, 1.54) is 4.90 Å². The molecule has 4 aliphatic rings. The first-order valence-electron chi connectivity index (χ1n) is 14.0. The molecule has 1 spiro atoms. The highest BCUT2D eigenvalue weighted by molar-refractivity contribution is 5.98. The van der Waals surface area contributed by atoms with E-state index >= 15 is 0 Å². The Morgan fingerprint density at radius 3 is 2.69 bits per heavy atom. The van der Waals surface area contributed by atoms with E-state index in [9.17, 15) is 19.5 Å². The number of rotatable bonds is 11. The molecule has 1 aromatic rings. The zero-order valence-corrected chi connectivity index (χ0v) is 22.6. The van der Waals surface area contributed by atoms with Crippen LogP contribution in [0.4, 0.5) is 0 Å². The number of hydrogen-bond donors (Lipinski definition) is 1. The number of amides is 2. The fourth-order valence-electron chi connectivity index (χ4n) is 6.95. The summed E-state index contributed by atoms with van der Waals surface area (Å²) in [6.45, 7) is 9.74. The molecule has 0 aliphatic carbocycles. The van der Waals surface area contributed by atoms with Crippen molar-refractivity contribution in [3.63, 3.8) is 0 Å². The Morgan fingerprint density at radius 1 is 1.28 bits per heavy atom. The monoisotopic (exact) mass is 541 g/mol. The summed E-state index contributed by atoms with van der Waals surface area (Å²) < 4.78 is 17.3. The van der Waals surface area contributed by atoms with Crippen molar-refractivity contribution >= 4 is 17.8 Å². The molecule has 39 heavy (non-hydrogen) atoms. The predicted molar refractivity (Wildman–Crippen MR) is 141 cm³/mol. The van der Waals surface area contributed by atoms with Crippen LogP contribution in [0.1, 0.15) is 31.4 Å². The standard InChI is InChI=1S/C29H39N3O7/c1-3-12-31(14-13-30-15-17-37-18-16-30)27(35)25-29-11-10-22(39-29)23(28(36)38-4-2)24(29)26(34)32(25)21(19-33)20-8-6-5-7-9-20/h3,5-9,21-25,33H,1,4,10-19H2,2H3/t21-,22-,23+,24+,25?,29?/m1/s1. The second kappa shape index (κ2) is 11.8. The van der Waals surface area contributed by atoms with E-state index in [1.54, 1.807) is 17.9 Å². The fraction of sp³-hybridized carbons (Fsp3) is 0.621. The second-order valence-electron chi connectivity index (χ2n) is 10.7.